The zero-order chi connectivity index (χ0) is 36.1. The fraction of sp³-hybridized carbons (Fsp3) is 0.316. The third-order valence-electron chi connectivity index (χ3n) is 7.56. The van der Waals surface area contributed by atoms with Gasteiger partial charge < -0.3 is 29.9 Å². The van der Waals surface area contributed by atoms with Crippen LogP contribution in [-0.2, 0) is 46.4 Å². The fourth-order valence-corrected chi connectivity index (χ4v) is 5.53. The van der Waals surface area contributed by atoms with Gasteiger partial charge >= 0.3 is 19.8 Å². The van der Waals surface area contributed by atoms with E-state index in [9.17, 15) is 19.0 Å². The minimum atomic E-state index is -4.48. The molecule has 0 heterocycles. The third-order valence-corrected chi connectivity index (χ3v) is 8.54. The van der Waals surface area contributed by atoms with Crippen molar-refractivity contribution in [3.63, 3.8) is 0 Å². The first-order chi connectivity index (χ1) is 23.8. The van der Waals surface area contributed by atoms with Gasteiger partial charge in [0.1, 0.15) is 29.9 Å². The highest BCUT2D eigenvalue weighted by molar-refractivity contribution is 7.47. The number of carbonyl (C=O) groups is 2. The number of aryl methyl sites for hydroxylation is 1. The number of aliphatic carboxylic acids is 1. The van der Waals surface area contributed by atoms with Crippen LogP contribution in [-0.4, -0.2) is 47.8 Å². The molecule has 1 unspecified atom stereocenters. The summed E-state index contributed by atoms with van der Waals surface area (Å²) in [6, 6.07) is 30.3. The van der Waals surface area contributed by atoms with Crippen molar-refractivity contribution in [1.82, 2.24) is 0 Å². The van der Waals surface area contributed by atoms with E-state index in [4.69, 9.17) is 29.6 Å². The van der Waals surface area contributed by atoms with Crippen molar-refractivity contribution in [3.8, 4) is 28.4 Å². The van der Waals surface area contributed by atoms with Crippen molar-refractivity contribution < 1.29 is 47.4 Å². The number of carbonyl (C=O) groups excluding carboxylic acids is 1. The molecule has 0 aliphatic carbocycles. The summed E-state index contributed by atoms with van der Waals surface area (Å²) in [7, 11) is -4.48. The van der Waals surface area contributed by atoms with E-state index in [0.717, 1.165) is 28.0 Å². The molecule has 4 aromatic carbocycles. The van der Waals surface area contributed by atoms with E-state index in [0.29, 0.717) is 24.5 Å². The number of hydrogen-bond donors (Lipinski definition) is 3. The number of rotatable bonds is 18. The topological polar surface area (TPSA) is 164 Å². The van der Waals surface area contributed by atoms with Gasteiger partial charge in [0.05, 0.1) is 19.8 Å². The minimum absolute atomic E-state index is 0.0422. The highest BCUT2D eigenvalue weighted by Crippen LogP contribution is 2.43. The van der Waals surface area contributed by atoms with Crippen LogP contribution in [0.3, 0.4) is 0 Å². The fourth-order valence-electron chi connectivity index (χ4n) is 4.74. The lowest BCUT2D eigenvalue weighted by Gasteiger charge is -2.19. The second kappa shape index (κ2) is 17.9. The van der Waals surface area contributed by atoms with E-state index in [2.05, 4.69) is 61.7 Å². The summed E-state index contributed by atoms with van der Waals surface area (Å²) < 4.78 is 38.5. The average molecular weight is 706 g/mol. The summed E-state index contributed by atoms with van der Waals surface area (Å²) in [4.78, 5) is 32.6. The molecule has 0 bridgehead atoms. The maximum atomic E-state index is 12.3. The van der Waals surface area contributed by atoms with Gasteiger partial charge in [-0.2, -0.15) is 0 Å². The molecule has 4 aromatic rings. The maximum absolute atomic E-state index is 12.3. The van der Waals surface area contributed by atoms with Gasteiger partial charge in [-0.1, -0.05) is 87.5 Å². The molecule has 4 rings (SSSR count). The zero-order valence-electron chi connectivity index (χ0n) is 28.4. The molecule has 0 saturated carbocycles. The number of ether oxygens (including phenoxy) is 3. The molecule has 0 aromatic heterocycles. The maximum Gasteiger partial charge on any atom is 0.472 e. The summed E-state index contributed by atoms with van der Waals surface area (Å²) >= 11 is 0. The summed E-state index contributed by atoms with van der Waals surface area (Å²) in [5.41, 5.74) is 10.6. The van der Waals surface area contributed by atoms with Crippen LogP contribution >= 0.6 is 7.82 Å². The van der Waals surface area contributed by atoms with Crippen LogP contribution in [0, 0.1) is 0 Å². The third kappa shape index (κ3) is 12.4. The highest BCUT2D eigenvalue weighted by atomic mass is 31.2. The van der Waals surface area contributed by atoms with Crippen molar-refractivity contribution in [2.45, 2.75) is 58.1 Å². The van der Waals surface area contributed by atoms with Gasteiger partial charge in [-0.3, -0.25) is 18.6 Å². The van der Waals surface area contributed by atoms with Gasteiger partial charge in [0.25, 0.3) is 0 Å². The normalized spacial score (nSPS) is 13.2. The van der Waals surface area contributed by atoms with E-state index in [1.807, 2.05) is 60.7 Å². The Bertz CT molecular complexity index is 1770. The molecule has 4 N–H and O–H groups in total. The predicted octanol–water partition coefficient (Wildman–Crippen LogP) is 7.43. The molecule has 50 heavy (non-hydrogen) atoms. The van der Waals surface area contributed by atoms with Crippen molar-refractivity contribution in [2.24, 2.45) is 5.73 Å². The Morgan fingerprint density at radius 2 is 1.58 bits per heavy atom. The van der Waals surface area contributed by atoms with Crippen molar-refractivity contribution >= 4 is 19.8 Å². The number of para-hydroxylation sites is 1. The highest BCUT2D eigenvalue weighted by Gasteiger charge is 2.24. The molecule has 0 aliphatic rings. The Morgan fingerprint density at radius 1 is 0.840 bits per heavy atom. The lowest BCUT2D eigenvalue weighted by Crippen LogP contribution is -2.34. The Morgan fingerprint density at radius 3 is 2.32 bits per heavy atom. The molecular weight excluding hydrogens is 661 g/mol. The van der Waals surface area contributed by atoms with Gasteiger partial charge in [0.15, 0.2) is 0 Å². The van der Waals surface area contributed by atoms with Gasteiger partial charge in [0, 0.05) is 12.8 Å². The first-order valence-electron chi connectivity index (χ1n) is 16.2. The van der Waals surface area contributed by atoms with Crippen molar-refractivity contribution in [1.29, 1.82) is 0 Å². The zero-order valence-corrected chi connectivity index (χ0v) is 29.3. The molecule has 2 atom stereocenters. The van der Waals surface area contributed by atoms with E-state index in [-0.39, 0.29) is 31.5 Å². The van der Waals surface area contributed by atoms with Gasteiger partial charge in [-0.05, 0) is 70.0 Å². The predicted molar refractivity (Wildman–Crippen MR) is 189 cm³/mol. The quantitative estimate of drug-likeness (QED) is 0.0536. The Hall–Kier alpha value is -4.51. The van der Waals surface area contributed by atoms with E-state index >= 15 is 0 Å². The van der Waals surface area contributed by atoms with Crippen LogP contribution in [0.2, 0.25) is 0 Å². The molecule has 12 heteroatoms. The average Bonchev–Trinajstić information content (AvgIpc) is 3.09. The molecule has 0 fully saturated rings. The number of esters is 1. The lowest BCUT2D eigenvalue weighted by molar-refractivity contribution is -0.143. The summed E-state index contributed by atoms with van der Waals surface area (Å²) in [5, 5.41) is 8.71. The Kier molecular flexibility index (Phi) is 13.7. The molecule has 0 radical (unpaired) electrons. The molecule has 0 saturated heterocycles. The number of nitrogens with two attached hydrogens (primary N) is 1. The van der Waals surface area contributed by atoms with E-state index in [1.54, 1.807) is 0 Å². The monoisotopic (exact) mass is 705 g/mol. The van der Waals surface area contributed by atoms with Crippen LogP contribution in [0.25, 0.3) is 11.1 Å². The van der Waals surface area contributed by atoms with Gasteiger partial charge in [-0.15, -0.1) is 0 Å². The Balaban J connectivity index is 1.22. The molecular formula is C38H44NO10P. The number of phosphoric acid groups is 1. The molecule has 0 spiro atoms. The minimum Gasteiger partial charge on any atom is -0.489 e. The number of carboxylic acid groups (broad SMARTS) is 1. The van der Waals surface area contributed by atoms with Crippen LogP contribution in [0.5, 0.6) is 17.2 Å². The second-order valence-corrected chi connectivity index (χ2v) is 14.1. The number of benzene rings is 4. The number of phosphoric ester groups is 1. The standard InChI is InChI=1S/C38H44NO10P/c1-38(2,3)31-12-7-11-30(24-31)28-15-18-32(19-16-28)49-33-13-6-9-27(23-33)25-46-35-14-5-4-10-29(35)17-20-36(40)45-21-8-22-47-50(43,44)48-26-34(39)37(41)42/h4-7,9-16,18-19,23-24,34H,8,17,20-22,25-26,39H2,1-3H3,(H,41,42)(H,43,44)/t34-/m0/s1. The SMILES string of the molecule is CC(C)(C)c1cccc(-c2ccc(Oc3cccc(COc4ccccc4CCC(=O)OCCCOP(=O)(O)OC[C@H](N)C(=O)O)c3)cc2)c1. The number of carboxylic acids is 1. The van der Waals surface area contributed by atoms with E-state index < -0.39 is 32.4 Å². The molecule has 0 amide bonds. The van der Waals surface area contributed by atoms with E-state index in [1.165, 1.54) is 5.56 Å². The van der Waals surface area contributed by atoms with Gasteiger partial charge in [0.2, 0.25) is 0 Å². The Labute approximate surface area is 292 Å². The summed E-state index contributed by atoms with van der Waals surface area (Å²) in [6.45, 7) is 5.94. The summed E-state index contributed by atoms with van der Waals surface area (Å²) in [6.07, 6.45) is 0.610. The largest absolute Gasteiger partial charge is 0.489 e. The van der Waals surface area contributed by atoms with Gasteiger partial charge in [-0.25, -0.2) is 4.57 Å². The molecule has 11 nitrogen and oxygen atoms in total. The van der Waals surface area contributed by atoms with Crippen LogP contribution in [0.4, 0.5) is 0 Å². The number of hydrogen-bond acceptors (Lipinski definition) is 9. The molecule has 0 aliphatic heterocycles. The second-order valence-electron chi connectivity index (χ2n) is 12.6. The first kappa shape index (κ1) is 38.3. The van der Waals surface area contributed by atoms with Crippen molar-refractivity contribution in [2.75, 3.05) is 19.8 Å². The molecule has 266 valence electrons. The van der Waals surface area contributed by atoms with Crippen LogP contribution in [0.15, 0.2) is 97.1 Å². The smallest absolute Gasteiger partial charge is 0.472 e. The first-order valence-corrected chi connectivity index (χ1v) is 17.7. The summed E-state index contributed by atoms with van der Waals surface area (Å²) in [5.74, 6) is 0.230. The lowest BCUT2D eigenvalue weighted by atomic mass is 9.85. The van der Waals surface area contributed by atoms with Crippen LogP contribution < -0.4 is 15.2 Å². The van der Waals surface area contributed by atoms with Crippen molar-refractivity contribution in [3.05, 3.63) is 114 Å². The van der Waals surface area contributed by atoms with Crippen LogP contribution in [0.1, 0.15) is 50.3 Å².